The molecule has 0 aliphatic carbocycles. The van der Waals surface area contributed by atoms with Gasteiger partial charge in [-0.15, -0.1) is 0 Å². The molecule has 0 saturated carbocycles. The Kier molecular flexibility index (Phi) is 14.4. The summed E-state index contributed by atoms with van der Waals surface area (Å²) in [4.78, 5) is 11.4. The molecule has 0 N–H and O–H groups in total. The Morgan fingerprint density at radius 3 is 1.79 bits per heavy atom. The van der Waals surface area contributed by atoms with Crippen LogP contribution in [0.5, 0.6) is 17.2 Å². The van der Waals surface area contributed by atoms with Gasteiger partial charge >= 0.3 is 0 Å². The molecule has 0 spiro atoms. The highest BCUT2D eigenvalue weighted by Crippen LogP contribution is 2.33. The van der Waals surface area contributed by atoms with Crippen molar-refractivity contribution in [3.63, 3.8) is 0 Å². The second kappa shape index (κ2) is 20.0. The Morgan fingerprint density at radius 1 is 0.596 bits per heavy atom. The molecule has 0 amide bonds. The fourth-order valence-corrected chi connectivity index (χ4v) is 4.76. The van der Waals surface area contributed by atoms with E-state index in [2.05, 4.69) is 37.2 Å². The average molecular weight is 642 g/mol. The van der Waals surface area contributed by atoms with Crippen LogP contribution in [-0.4, -0.2) is 80.9 Å². The smallest absolute Gasteiger partial charge is 0.163 e. The maximum Gasteiger partial charge on any atom is 0.163 e. The molecule has 0 unspecified atom stereocenters. The van der Waals surface area contributed by atoms with Crippen molar-refractivity contribution in [2.45, 2.75) is 25.9 Å². The molecule has 3 heterocycles. The maximum atomic E-state index is 6.01. The van der Waals surface area contributed by atoms with Crippen LogP contribution >= 0.6 is 0 Å². The van der Waals surface area contributed by atoms with Gasteiger partial charge in [-0.2, -0.15) is 10.2 Å². The van der Waals surface area contributed by atoms with Crippen LogP contribution in [0.3, 0.4) is 0 Å². The maximum absolute atomic E-state index is 6.01. The zero-order valence-electron chi connectivity index (χ0n) is 26.7. The van der Waals surface area contributed by atoms with Gasteiger partial charge < -0.3 is 28.4 Å². The first-order valence-corrected chi connectivity index (χ1v) is 16.1. The van der Waals surface area contributed by atoms with E-state index in [0.29, 0.717) is 76.6 Å². The van der Waals surface area contributed by atoms with Crippen molar-refractivity contribution in [3.8, 4) is 17.2 Å². The summed E-state index contributed by atoms with van der Waals surface area (Å²) in [5.74, 6) is 2.00. The van der Waals surface area contributed by atoms with Gasteiger partial charge in [-0.25, -0.2) is 0 Å². The van der Waals surface area contributed by atoms with Gasteiger partial charge in [-0.1, -0.05) is 12.1 Å². The van der Waals surface area contributed by atoms with Gasteiger partial charge in [-0.3, -0.25) is 14.9 Å². The van der Waals surface area contributed by atoms with Crippen molar-refractivity contribution in [3.05, 3.63) is 103 Å². The van der Waals surface area contributed by atoms with E-state index in [4.69, 9.17) is 28.4 Å². The van der Waals surface area contributed by atoms with E-state index in [1.807, 2.05) is 79.1 Å². The van der Waals surface area contributed by atoms with E-state index in [0.717, 1.165) is 55.3 Å². The number of benzene rings is 2. The van der Waals surface area contributed by atoms with Gasteiger partial charge in [0.2, 0.25) is 0 Å². The number of fused-ring (bicyclic) bond motifs is 1. The van der Waals surface area contributed by atoms with Crippen LogP contribution in [0.4, 0.5) is 11.4 Å². The number of rotatable bonds is 12. The van der Waals surface area contributed by atoms with Crippen LogP contribution in [0.15, 0.2) is 101 Å². The predicted octanol–water partition coefficient (Wildman–Crippen LogP) is 6.57. The van der Waals surface area contributed by atoms with E-state index in [-0.39, 0.29) is 0 Å². The minimum Gasteiger partial charge on any atom is -0.494 e. The van der Waals surface area contributed by atoms with Crippen molar-refractivity contribution in [2.75, 3.05) is 66.0 Å². The second-order valence-corrected chi connectivity index (χ2v) is 10.8. The summed E-state index contributed by atoms with van der Waals surface area (Å²) in [5, 5.41) is 8.81. The minimum atomic E-state index is 0.378. The quantitative estimate of drug-likeness (QED) is 0.125. The zero-order chi connectivity index (χ0) is 32.2. The van der Waals surface area contributed by atoms with Gasteiger partial charge in [-0.05, 0) is 80.1 Å². The molecule has 4 aromatic rings. The first-order chi connectivity index (χ1) is 23.3. The van der Waals surface area contributed by atoms with Crippen LogP contribution in [-0.2, 0) is 27.3 Å². The average Bonchev–Trinajstić information content (AvgIpc) is 3.12. The SMILES string of the molecule is c1ccc(CN(CCCCOc2ccc(N=Nc3ccc4c(c3)OCCOCCOCCOCCO4)cc2)Cc2ccccn2)nc1. The normalized spacial score (nSPS) is 14.8. The number of nitrogens with zero attached hydrogens (tertiary/aromatic N) is 5. The standard InChI is InChI=1S/C36H43N5O6/c1-3-15-37-32(7-1)28-41(29-33-8-2-4-16-38-33)17-5-6-18-45-34-12-9-30(10-13-34)39-40-31-11-14-35-36(27-31)47-26-24-44-22-20-42-19-21-43-23-25-46-35/h1-4,7-16,27H,5-6,17-26,28-29H2. The topological polar surface area (TPSA) is 109 Å². The number of ether oxygens (including phenoxy) is 6. The Bertz CT molecular complexity index is 1420. The number of unbranched alkanes of at least 4 members (excludes halogenated alkanes) is 1. The first kappa shape index (κ1) is 33.9. The highest BCUT2D eigenvalue weighted by atomic mass is 16.6. The molecule has 2 aromatic carbocycles. The lowest BCUT2D eigenvalue weighted by molar-refractivity contribution is 0.00708. The van der Waals surface area contributed by atoms with Crippen LogP contribution in [0.1, 0.15) is 24.2 Å². The number of hydrogen-bond acceptors (Lipinski definition) is 11. The van der Waals surface area contributed by atoms with E-state index in [9.17, 15) is 0 Å². The summed E-state index contributed by atoms with van der Waals surface area (Å²) in [7, 11) is 0. The molecule has 248 valence electrons. The minimum absolute atomic E-state index is 0.378. The third-order valence-corrected chi connectivity index (χ3v) is 7.12. The summed E-state index contributed by atoms with van der Waals surface area (Å²) in [6.45, 7) is 6.86. The van der Waals surface area contributed by atoms with Gasteiger partial charge in [0.05, 0.1) is 69.0 Å². The Labute approximate surface area is 276 Å². The van der Waals surface area contributed by atoms with Crippen molar-refractivity contribution in [2.24, 2.45) is 10.2 Å². The molecule has 0 bridgehead atoms. The highest BCUT2D eigenvalue weighted by Gasteiger charge is 2.10. The van der Waals surface area contributed by atoms with Crippen molar-refractivity contribution >= 4 is 11.4 Å². The summed E-state index contributed by atoms with van der Waals surface area (Å²) < 4.78 is 34.4. The van der Waals surface area contributed by atoms with Crippen LogP contribution in [0.2, 0.25) is 0 Å². The van der Waals surface area contributed by atoms with Crippen LogP contribution < -0.4 is 14.2 Å². The molecule has 1 aliphatic rings. The summed E-state index contributed by atoms with van der Waals surface area (Å²) in [6.07, 6.45) is 5.60. The van der Waals surface area contributed by atoms with Crippen molar-refractivity contribution < 1.29 is 28.4 Å². The molecule has 0 saturated heterocycles. The lowest BCUT2D eigenvalue weighted by atomic mass is 10.2. The Balaban J connectivity index is 1.07. The number of aromatic nitrogens is 2. The van der Waals surface area contributed by atoms with Gasteiger partial charge in [0.1, 0.15) is 19.0 Å². The fraction of sp³-hybridized carbons (Fsp3) is 0.389. The van der Waals surface area contributed by atoms with Gasteiger partial charge in [0.25, 0.3) is 0 Å². The van der Waals surface area contributed by atoms with E-state index in [1.165, 1.54) is 0 Å². The van der Waals surface area contributed by atoms with Crippen LogP contribution in [0.25, 0.3) is 0 Å². The first-order valence-electron chi connectivity index (χ1n) is 16.1. The highest BCUT2D eigenvalue weighted by molar-refractivity contribution is 5.52. The third kappa shape index (κ3) is 12.7. The van der Waals surface area contributed by atoms with Crippen molar-refractivity contribution in [1.29, 1.82) is 0 Å². The van der Waals surface area contributed by atoms with E-state index < -0.39 is 0 Å². The number of hydrogen-bond donors (Lipinski definition) is 0. The fourth-order valence-electron chi connectivity index (χ4n) is 4.76. The molecule has 0 fully saturated rings. The molecule has 11 heteroatoms. The van der Waals surface area contributed by atoms with Gasteiger partial charge in [0, 0.05) is 31.5 Å². The number of pyridine rings is 2. The third-order valence-electron chi connectivity index (χ3n) is 7.12. The van der Waals surface area contributed by atoms with E-state index >= 15 is 0 Å². The van der Waals surface area contributed by atoms with Crippen molar-refractivity contribution in [1.82, 2.24) is 14.9 Å². The molecule has 1 aliphatic heterocycles. The van der Waals surface area contributed by atoms with Crippen LogP contribution in [0, 0.1) is 0 Å². The Morgan fingerprint density at radius 2 is 1.17 bits per heavy atom. The molecule has 0 radical (unpaired) electrons. The molecule has 2 aromatic heterocycles. The van der Waals surface area contributed by atoms with E-state index in [1.54, 1.807) is 0 Å². The predicted molar refractivity (Wildman–Crippen MR) is 178 cm³/mol. The largest absolute Gasteiger partial charge is 0.494 e. The monoisotopic (exact) mass is 641 g/mol. The molecule has 11 nitrogen and oxygen atoms in total. The molecular formula is C36H43N5O6. The Hall–Kier alpha value is -4.42. The molecular weight excluding hydrogens is 598 g/mol. The lowest BCUT2D eigenvalue weighted by Crippen LogP contribution is -2.25. The zero-order valence-corrected chi connectivity index (χ0v) is 26.7. The summed E-state index contributed by atoms with van der Waals surface area (Å²) in [6, 6.07) is 25.2. The molecule has 5 rings (SSSR count). The summed E-state index contributed by atoms with van der Waals surface area (Å²) in [5.41, 5.74) is 3.47. The molecule has 47 heavy (non-hydrogen) atoms. The van der Waals surface area contributed by atoms with Gasteiger partial charge in [0.15, 0.2) is 11.5 Å². The lowest BCUT2D eigenvalue weighted by Gasteiger charge is -2.21. The number of azo groups is 1. The summed E-state index contributed by atoms with van der Waals surface area (Å²) >= 11 is 0. The second-order valence-electron chi connectivity index (χ2n) is 10.8. The molecule has 0 atom stereocenters.